The molecule has 2 aromatic carbocycles. The van der Waals surface area contributed by atoms with Crippen molar-refractivity contribution in [3.05, 3.63) is 47.5 Å². The Hall–Kier alpha value is -3.30. The molecule has 1 heterocycles. The van der Waals surface area contributed by atoms with Crippen molar-refractivity contribution < 1.29 is 14.7 Å². The summed E-state index contributed by atoms with van der Waals surface area (Å²) < 4.78 is 7.71. The predicted molar refractivity (Wildman–Crippen MR) is 104 cm³/mol. The first-order valence-electron chi connectivity index (χ1n) is 8.80. The number of Topliss-reactive ketones (excluding diaryl/α,β-unsaturated/α-hetero) is 1. The van der Waals surface area contributed by atoms with Crippen LogP contribution in [-0.4, -0.2) is 22.2 Å². The topological polar surface area (TPSA) is 87.3 Å². The van der Waals surface area contributed by atoms with Crippen LogP contribution in [0.5, 0.6) is 5.75 Å². The molecule has 6 nitrogen and oxygen atoms in total. The average molecular weight is 363 g/mol. The maximum atomic E-state index is 12.1. The fourth-order valence-corrected chi connectivity index (χ4v) is 3.37. The summed E-state index contributed by atoms with van der Waals surface area (Å²) in [4.78, 5) is 12.1. The van der Waals surface area contributed by atoms with Crippen LogP contribution in [0.4, 0.5) is 5.69 Å². The molecule has 0 radical (unpaired) electrons. The molecule has 0 unspecified atom stereocenters. The molecule has 1 aromatic heterocycles. The SMILES string of the molecule is CCOc1cc2c(cc1C(C)=O)c(C#N)c(-c1ccc(NO)cc1)n2CC. The van der Waals surface area contributed by atoms with Crippen LogP contribution in [0.25, 0.3) is 22.2 Å². The highest BCUT2D eigenvalue weighted by atomic mass is 16.5. The zero-order chi connectivity index (χ0) is 19.6. The van der Waals surface area contributed by atoms with Crippen molar-refractivity contribution >= 4 is 22.4 Å². The normalized spacial score (nSPS) is 10.6. The number of benzene rings is 2. The number of carbonyl (C=O) groups is 1. The molecule has 0 amide bonds. The smallest absolute Gasteiger partial charge is 0.163 e. The van der Waals surface area contributed by atoms with E-state index in [1.54, 1.807) is 18.2 Å². The lowest BCUT2D eigenvalue weighted by Crippen LogP contribution is -2.02. The number of aromatic nitrogens is 1. The zero-order valence-electron chi connectivity index (χ0n) is 15.5. The van der Waals surface area contributed by atoms with Gasteiger partial charge in [0, 0.05) is 18.0 Å². The second kappa shape index (κ2) is 7.52. The van der Waals surface area contributed by atoms with Crippen molar-refractivity contribution in [3.8, 4) is 23.1 Å². The van der Waals surface area contributed by atoms with Gasteiger partial charge in [-0.05, 0) is 44.5 Å². The molecule has 0 aliphatic heterocycles. The number of ether oxygens (including phenoxy) is 1. The molecule has 3 aromatic rings. The van der Waals surface area contributed by atoms with Gasteiger partial charge >= 0.3 is 0 Å². The number of hydrogen-bond donors (Lipinski definition) is 2. The van der Waals surface area contributed by atoms with E-state index in [-0.39, 0.29) is 5.78 Å². The summed E-state index contributed by atoms with van der Waals surface area (Å²) in [7, 11) is 0. The molecule has 0 fully saturated rings. The lowest BCUT2D eigenvalue weighted by molar-refractivity contribution is 0.101. The minimum atomic E-state index is -0.103. The number of nitrogens with zero attached hydrogens (tertiary/aromatic N) is 2. The van der Waals surface area contributed by atoms with Gasteiger partial charge in [-0.2, -0.15) is 5.26 Å². The van der Waals surface area contributed by atoms with Gasteiger partial charge in [-0.25, -0.2) is 0 Å². The van der Waals surface area contributed by atoms with Crippen LogP contribution in [0.1, 0.15) is 36.7 Å². The molecular weight excluding hydrogens is 342 g/mol. The molecule has 138 valence electrons. The summed E-state index contributed by atoms with van der Waals surface area (Å²) in [5.41, 5.74) is 6.14. The van der Waals surface area contributed by atoms with E-state index in [4.69, 9.17) is 9.94 Å². The van der Waals surface area contributed by atoms with E-state index in [1.807, 2.05) is 36.6 Å². The quantitative estimate of drug-likeness (QED) is 0.493. The summed E-state index contributed by atoms with van der Waals surface area (Å²) in [5.74, 6) is 0.425. The van der Waals surface area contributed by atoms with Gasteiger partial charge in [0.1, 0.15) is 11.8 Å². The van der Waals surface area contributed by atoms with Crippen molar-refractivity contribution in [2.24, 2.45) is 0 Å². The first-order chi connectivity index (χ1) is 13.0. The average Bonchev–Trinajstić information content (AvgIpc) is 3.00. The molecule has 6 heteroatoms. The molecule has 2 N–H and O–H groups in total. The molecule has 0 aliphatic rings. The van der Waals surface area contributed by atoms with Gasteiger partial charge in [0.25, 0.3) is 0 Å². The van der Waals surface area contributed by atoms with Crippen molar-refractivity contribution in [3.63, 3.8) is 0 Å². The highest BCUT2D eigenvalue weighted by molar-refractivity contribution is 6.04. The van der Waals surface area contributed by atoms with Crippen LogP contribution < -0.4 is 10.2 Å². The zero-order valence-corrected chi connectivity index (χ0v) is 15.5. The van der Waals surface area contributed by atoms with Gasteiger partial charge < -0.3 is 9.30 Å². The largest absolute Gasteiger partial charge is 0.493 e. The van der Waals surface area contributed by atoms with Gasteiger partial charge in [-0.1, -0.05) is 12.1 Å². The summed E-state index contributed by atoms with van der Waals surface area (Å²) in [6.07, 6.45) is 0. The van der Waals surface area contributed by atoms with Crippen LogP contribution in [-0.2, 0) is 6.54 Å². The Labute approximate surface area is 157 Å². The van der Waals surface area contributed by atoms with Crippen LogP contribution in [0.15, 0.2) is 36.4 Å². The van der Waals surface area contributed by atoms with E-state index in [9.17, 15) is 10.1 Å². The summed E-state index contributed by atoms with van der Waals surface area (Å²) in [6.45, 7) is 6.47. The molecule has 3 rings (SSSR count). The Morgan fingerprint density at radius 2 is 1.96 bits per heavy atom. The standard InChI is InChI=1S/C21H21N3O3/c1-4-24-19-11-20(27-5-2)16(13(3)25)10-17(19)18(12-22)21(24)14-6-8-15(23-26)9-7-14/h6-11,23,26H,4-5H2,1-3H3. The molecule has 27 heavy (non-hydrogen) atoms. The fourth-order valence-electron chi connectivity index (χ4n) is 3.37. The van der Waals surface area contributed by atoms with Gasteiger partial charge in [0.15, 0.2) is 5.78 Å². The molecule has 0 bridgehead atoms. The minimum Gasteiger partial charge on any atom is -0.493 e. The molecule has 0 spiro atoms. The van der Waals surface area contributed by atoms with Crippen molar-refractivity contribution in [2.75, 3.05) is 12.1 Å². The van der Waals surface area contributed by atoms with E-state index in [0.29, 0.717) is 35.7 Å². The van der Waals surface area contributed by atoms with E-state index >= 15 is 0 Å². The third-order valence-corrected chi connectivity index (χ3v) is 4.56. The van der Waals surface area contributed by atoms with Crippen LogP contribution in [0.3, 0.4) is 0 Å². The van der Waals surface area contributed by atoms with Gasteiger partial charge in [-0.15, -0.1) is 0 Å². The molecule has 0 aliphatic carbocycles. The summed E-state index contributed by atoms with van der Waals surface area (Å²) in [6, 6.07) is 13.0. The monoisotopic (exact) mass is 363 g/mol. The maximum absolute atomic E-state index is 12.1. The fraction of sp³-hybridized carbons (Fsp3) is 0.238. The number of aryl methyl sites for hydroxylation is 1. The second-order valence-corrected chi connectivity index (χ2v) is 6.12. The van der Waals surface area contributed by atoms with Crippen LogP contribution in [0.2, 0.25) is 0 Å². The Bertz CT molecular complexity index is 1040. The van der Waals surface area contributed by atoms with Crippen molar-refractivity contribution in [1.29, 1.82) is 5.26 Å². The third-order valence-electron chi connectivity index (χ3n) is 4.56. The highest BCUT2D eigenvalue weighted by Crippen LogP contribution is 2.37. The summed E-state index contributed by atoms with van der Waals surface area (Å²) >= 11 is 0. The number of anilines is 1. The minimum absolute atomic E-state index is 0.103. The molecule has 0 saturated carbocycles. The van der Waals surface area contributed by atoms with Gasteiger partial charge in [-0.3, -0.25) is 15.5 Å². The first-order valence-corrected chi connectivity index (χ1v) is 8.80. The number of rotatable bonds is 6. The predicted octanol–water partition coefficient (Wildman–Crippen LogP) is 4.60. The first kappa shape index (κ1) is 18.5. The number of hydrogen-bond acceptors (Lipinski definition) is 5. The van der Waals surface area contributed by atoms with Crippen LogP contribution in [0, 0.1) is 11.3 Å². The highest BCUT2D eigenvalue weighted by Gasteiger charge is 2.21. The lowest BCUT2D eigenvalue weighted by Gasteiger charge is -2.11. The number of carbonyl (C=O) groups excluding carboxylic acids is 1. The second-order valence-electron chi connectivity index (χ2n) is 6.12. The van der Waals surface area contributed by atoms with E-state index in [2.05, 4.69) is 11.5 Å². The Morgan fingerprint density at radius 1 is 1.26 bits per heavy atom. The summed E-state index contributed by atoms with van der Waals surface area (Å²) in [5, 5.41) is 19.6. The van der Waals surface area contributed by atoms with E-state index in [1.165, 1.54) is 6.92 Å². The molecule has 0 atom stereocenters. The number of fused-ring (bicyclic) bond motifs is 1. The molecule has 0 saturated heterocycles. The maximum Gasteiger partial charge on any atom is 0.163 e. The Morgan fingerprint density at radius 3 is 2.48 bits per heavy atom. The van der Waals surface area contributed by atoms with Crippen LogP contribution >= 0.6 is 0 Å². The van der Waals surface area contributed by atoms with Crippen molar-refractivity contribution in [1.82, 2.24) is 4.57 Å². The van der Waals surface area contributed by atoms with E-state index in [0.717, 1.165) is 22.2 Å². The van der Waals surface area contributed by atoms with E-state index < -0.39 is 0 Å². The lowest BCUT2D eigenvalue weighted by atomic mass is 10.0. The number of nitrogens with one attached hydrogen (secondary N) is 1. The Balaban J connectivity index is 2.36. The van der Waals surface area contributed by atoms with Gasteiger partial charge in [0.2, 0.25) is 0 Å². The Kier molecular flexibility index (Phi) is 5.15. The van der Waals surface area contributed by atoms with Gasteiger partial charge in [0.05, 0.1) is 34.6 Å². The molecular formula is C21H21N3O3. The number of nitriles is 1. The number of ketones is 1. The van der Waals surface area contributed by atoms with Crippen molar-refractivity contribution in [2.45, 2.75) is 27.3 Å². The third kappa shape index (κ3) is 3.14.